The largest absolute Gasteiger partial charge is 0.417 e. The summed E-state index contributed by atoms with van der Waals surface area (Å²) in [6.07, 6.45) is -3.54. The lowest BCUT2D eigenvalue weighted by Gasteiger charge is -2.31. The molecule has 0 heterocycles. The van der Waals surface area contributed by atoms with Crippen molar-refractivity contribution in [3.05, 3.63) is 41.0 Å². The number of nitriles is 1. The summed E-state index contributed by atoms with van der Waals surface area (Å²) in [6.45, 7) is 0.713. The molecule has 0 fully saturated rings. The Kier molecular flexibility index (Phi) is 5.70. The average Bonchev–Trinajstić information content (AvgIpc) is 2.45. The van der Waals surface area contributed by atoms with Crippen LogP contribution in [0.2, 0.25) is 0 Å². The van der Waals surface area contributed by atoms with Crippen molar-refractivity contribution in [3.8, 4) is 6.07 Å². The molecular formula is C15H14F6N2. The van der Waals surface area contributed by atoms with Crippen LogP contribution in [0.5, 0.6) is 0 Å². The Morgan fingerprint density at radius 3 is 2.26 bits per heavy atom. The second kappa shape index (κ2) is 6.94. The molecule has 0 bridgehead atoms. The zero-order valence-electron chi connectivity index (χ0n) is 12.4. The van der Waals surface area contributed by atoms with Gasteiger partial charge in [0.2, 0.25) is 0 Å². The van der Waals surface area contributed by atoms with Crippen LogP contribution in [0.4, 0.5) is 32.0 Å². The summed E-state index contributed by atoms with van der Waals surface area (Å²) in [5, 5.41) is 8.71. The van der Waals surface area contributed by atoms with Gasteiger partial charge in [-0.25, -0.2) is 4.39 Å². The maximum absolute atomic E-state index is 13.7. The van der Waals surface area contributed by atoms with Crippen molar-refractivity contribution in [2.24, 2.45) is 0 Å². The number of hydrogen-bond acceptors (Lipinski definition) is 2. The van der Waals surface area contributed by atoms with Crippen molar-refractivity contribution in [2.75, 3.05) is 18.1 Å². The van der Waals surface area contributed by atoms with Crippen LogP contribution in [0.15, 0.2) is 29.8 Å². The van der Waals surface area contributed by atoms with Gasteiger partial charge in [0, 0.05) is 12.2 Å². The third-order valence-corrected chi connectivity index (χ3v) is 2.98. The minimum absolute atomic E-state index is 0.233. The predicted octanol–water partition coefficient (Wildman–Crippen LogP) is 4.91. The molecule has 0 aliphatic heterocycles. The average molecular weight is 336 g/mol. The molecule has 23 heavy (non-hydrogen) atoms. The summed E-state index contributed by atoms with van der Waals surface area (Å²) in [6, 6.07) is -0.444. The molecule has 8 heteroatoms. The topological polar surface area (TPSA) is 27.0 Å². The molecule has 0 N–H and O–H groups in total. The molecule has 0 radical (unpaired) electrons. The van der Waals surface area contributed by atoms with Gasteiger partial charge in [0.05, 0.1) is 17.2 Å². The summed E-state index contributed by atoms with van der Waals surface area (Å²) in [4.78, 5) is 0.233. The Balaban J connectivity index is 3.43. The summed E-state index contributed by atoms with van der Waals surface area (Å²) >= 11 is 0. The van der Waals surface area contributed by atoms with Crippen molar-refractivity contribution in [2.45, 2.75) is 26.1 Å². The second-order valence-corrected chi connectivity index (χ2v) is 5.03. The van der Waals surface area contributed by atoms with Crippen molar-refractivity contribution in [3.63, 3.8) is 0 Å². The maximum atomic E-state index is 13.7. The first-order valence-corrected chi connectivity index (χ1v) is 6.49. The van der Waals surface area contributed by atoms with Crippen LogP contribution in [0.3, 0.4) is 0 Å². The number of halogens is 6. The van der Waals surface area contributed by atoms with E-state index in [0.717, 1.165) is 12.1 Å². The normalized spacial score (nSPS) is 11.8. The number of allylic oxidation sites excluding steroid dienone is 1. The minimum atomic E-state index is -4.88. The van der Waals surface area contributed by atoms with Crippen LogP contribution in [0.25, 0.3) is 0 Å². The van der Waals surface area contributed by atoms with Crippen molar-refractivity contribution >= 4 is 5.69 Å². The van der Waals surface area contributed by atoms with E-state index in [1.54, 1.807) is 13.8 Å². The van der Waals surface area contributed by atoms with Crippen molar-refractivity contribution in [1.29, 1.82) is 5.26 Å². The molecule has 1 aromatic carbocycles. The summed E-state index contributed by atoms with van der Waals surface area (Å²) < 4.78 is 78.9. The molecule has 126 valence electrons. The molecule has 0 atom stereocenters. The van der Waals surface area contributed by atoms with Gasteiger partial charge in [-0.15, -0.1) is 0 Å². The lowest BCUT2D eigenvalue weighted by molar-refractivity contribution is -0.137. The van der Waals surface area contributed by atoms with Gasteiger partial charge < -0.3 is 4.90 Å². The van der Waals surface area contributed by atoms with E-state index in [1.807, 2.05) is 0 Å². The quantitative estimate of drug-likeness (QED) is 0.434. The van der Waals surface area contributed by atoms with E-state index in [-0.39, 0.29) is 4.90 Å². The highest BCUT2D eigenvalue weighted by atomic mass is 19.4. The van der Waals surface area contributed by atoms with E-state index < -0.39 is 42.3 Å². The Hall–Kier alpha value is -2.17. The van der Waals surface area contributed by atoms with Crippen LogP contribution < -0.4 is 4.90 Å². The first-order chi connectivity index (χ1) is 10.5. The van der Waals surface area contributed by atoms with E-state index in [9.17, 15) is 26.3 Å². The molecule has 0 amide bonds. The fraction of sp³-hybridized carbons (Fsp3) is 0.400. The highest BCUT2D eigenvalue weighted by molar-refractivity contribution is 5.56. The molecule has 1 rings (SSSR count). The third kappa shape index (κ3) is 4.65. The molecule has 0 spiro atoms. The van der Waals surface area contributed by atoms with Crippen LogP contribution in [-0.2, 0) is 6.18 Å². The molecule has 0 aromatic heterocycles. The number of hydrogen-bond donors (Lipinski definition) is 0. The Labute approximate surface area is 129 Å². The molecule has 0 aliphatic rings. The van der Waals surface area contributed by atoms with Gasteiger partial charge in [-0.05, 0) is 32.0 Å². The lowest BCUT2D eigenvalue weighted by atomic mass is 10.1. The fourth-order valence-corrected chi connectivity index (χ4v) is 1.81. The first-order valence-electron chi connectivity index (χ1n) is 6.49. The fourth-order valence-electron chi connectivity index (χ4n) is 1.81. The standard InChI is InChI=1S/C15H14F6N2/c1-10(2)5-6-23(14(17,18)9-16)12-4-3-11(8-22)13(7-12)15(19,20)21/h3-5,7H,6,9H2,1-2H3. The van der Waals surface area contributed by atoms with E-state index in [4.69, 9.17) is 5.26 Å². The van der Waals surface area contributed by atoms with Gasteiger partial charge in [0.25, 0.3) is 0 Å². The van der Waals surface area contributed by atoms with Crippen molar-refractivity contribution in [1.82, 2.24) is 0 Å². The van der Waals surface area contributed by atoms with Gasteiger partial charge in [-0.2, -0.15) is 27.2 Å². The van der Waals surface area contributed by atoms with Gasteiger partial charge in [-0.3, -0.25) is 0 Å². The van der Waals surface area contributed by atoms with Crippen LogP contribution >= 0.6 is 0 Å². The first kappa shape index (κ1) is 18.9. The number of alkyl halides is 6. The minimum Gasteiger partial charge on any atom is -0.307 e. The lowest BCUT2D eigenvalue weighted by Crippen LogP contribution is -2.44. The summed E-state index contributed by atoms with van der Waals surface area (Å²) in [7, 11) is 0. The van der Waals surface area contributed by atoms with Gasteiger partial charge in [0.15, 0.2) is 6.67 Å². The van der Waals surface area contributed by atoms with Gasteiger partial charge in [-0.1, -0.05) is 11.6 Å². The molecule has 0 aliphatic carbocycles. The van der Waals surface area contributed by atoms with E-state index >= 15 is 0 Å². The highest BCUT2D eigenvalue weighted by Crippen LogP contribution is 2.36. The summed E-state index contributed by atoms with van der Waals surface area (Å²) in [5.74, 6) is 0. The number of nitrogens with zero attached hydrogens (tertiary/aromatic N) is 2. The Morgan fingerprint density at radius 1 is 1.22 bits per heavy atom. The zero-order chi connectivity index (χ0) is 17.8. The number of rotatable bonds is 5. The third-order valence-electron chi connectivity index (χ3n) is 2.98. The highest BCUT2D eigenvalue weighted by Gasteiger charge is 2.39. The molecule has 1 aromatic rings. The van der Waals surface area contributed by atoms with E-state index in [1.165, 1.54) is 12.1 Å². The maximum Gasteiger partial charge on any atom is 0.417 e. The molecule has 2 nitrogen and oxygen atoms in total. The van der Waals surface area contributed by atoms with Crippen LogP contribution in [0.1, 0.15) is 25.0 Å². The Morgan fingerprint density at radius 2 is 1.83 bits per heavy atom. The van der Waals surface area contributed by atoms with Crippen molar-refractivity contribution < 1.29 is 26.3 Å². The molecule has 0 saturated heterocycles. The smallest absolute Gasteiger partial charge is 0.307 e. The van der Waals surface area contributed by atoms with Gasteiger partial charge >= 0.3 is 12.2 Å². The number of benzene rings is 1. The van der Waals surface area contributed by atoms with E-state index in [2.05, 4.69) is 0 Å². The van der Waals surface area contributed by atoms with Gasteiger partial charge in [0.1, 0.15) is 0 Å². The second-order valence-electron chi connectivity index (χ2n) is 5.03. The van der Waals surface area contributed by atoms with Crippen LogP contribution in [0, 0.1) is 11.3 Å². The molecule has 0 saturated carbocycles. The number of anilines is 1. The SMILES string of the molecule is CC(C)=CCN(c1ccc(C#N)c(C(F)(F)F)c1)C(F)(F)CF. The zero-order valence-corrected chi connectivity index (χ0v) is 12.4. The molecule has 0 unspecified atom stereocenters. The van der Waals surface area contributed by atoms with Crippen LogP contribution in [-0.4, -0.2) is 19.3 Å². The van der Waals surface area contributed by atoms with E-state index in [0.29, 0.717) is 11.6 Å². The predicted molar refractivity (Wildman–Crippen MR) is 73.9 cm³/mol. The Bertz CT molecular complexity index is 624. The monoisotopic (exact) mass is 336 g/mol. The molecular weight excluding hydrogens is 322 g/mol. The summed E-state index contributed by atoms with van der Waals surface area (Å²) in [5.41, 5.74) is -1.90.